The molecule has 2 unspecified atom stereocenters. The number of thiol groups is 1. The number of carbonyl (C=O) groups is 1. The van der Waals surface area contributed by atoms with E-state index in [1.165, 1.54) is 0 Å². The minimum absolute atomic E-state index is 0.0535. The number of carbonyl (C=O) groups excluding carboxylic acids is 1. The van der Waals surface area contributed by atoms with E-state index in [1.807, 2.05) is 4.90 Å². The Morgan fingerprint density at radius 3 is 2.31 bits per heavy atom. The lowest BCUT2D eigenvalue weighted by Gasteiger charge is -2.43. The van der Waals surface area contributed by atoms with Crippen molar-refractivity contribution in [2.24, 2.45) is 10.9 Å². The molecule has 2 atom stereocenters. The maximum Gasteiger partial charge on any atom is 0.239 e. The molecule has 2 aromatic rings. The van der Waals surface area contributed by atoms with Gasteiger partial charge in [-0.15, -0.1) is 0 Å². The van der Waals surface area contributed by atoms with E-state index >= 15 is 0 Å². The molecule has 2 fully saturated rings. The number of hydrogen-bond acceptors (Lipinski definition) is 8. The summed E-state index contributed by atoms with van der Waals surface area (Å²) in [6.07, 6.45) is 4.85. The Kier molecular flexibility index (Phi) is 8.08. The first-order chi connectivity index (χ1) is 17.1. The highest BCUT2D eigenvalue weighted by Crippen LogP contribution is 2.41. The quantitative estimate of drug-likeness (QED) is 0.185. The molecule has 6 N–H and O–H groups in total. The minimum atomic E-state index is -4.46. The van der Waals surface area contributed by atoms with Gasteiger partial charge in [-0.1, -0.05) is 30.7 Å². The number of fused-ring (bicyclic) bond motifs is 1. The summed E-state index contributed by atoms with van der Waals surface area (Å²) in [6, 6.07) is 8.54. The number of piperidine rings is 1. The van der Waals surface area contributed by atoms with Crippen molar-refractivity contribution in [2.45, 2.75) is 47.8 Å². The van der Waals surface area contributed by atoms with Crippen molar-refractivity contribution in [1.29, 1.82) is 5.41 Å². The maximum absolute atomic E-state index is 14.3. The van der Waals surface area contributed by atoms with E-state index < -0.39 is 33.3 Å². The third kappa shape index (κ3) is 4.92. The molecule has 0 spiro atoms. The van der Waals surface area contributed by atoms with E-state index in [0.717, 1.165) is 45.2 Å². The zero-order chi connectivity index (χ0) is 26.1. The topological polar surface area (TPSA) is 154 Å². The van der Waals surface area contributed by atoms with Gasteiger partial charge in [0.25, 0.3) is 0 Å². The average Bonchev–Trinajstić information content (AvgIpc) is 3.39. The van der Waals surface area contributed by atoms with Crippen molar-refractivity contribution in [3.05, 3.63) is 41.5 Å². The number of likely N-dealkylation sites (tertiary alicyclic amines) is 2. The molecule has 2 saturated heterocycles. The standard InChI is InChI=1S/C25H35N5O4S2/c26-24(27)21-18-9-3-2-8-17(18)14-19(22(21)36(28,33)34)25(16-31,30-12-6-7-13-30)23(32)20(35)15-29-10-4-1-5-11-29/h2-3,8-9,14,20,31,35H,1,4-7,10-13,15-16H2,(H3,26,27)(H2,28,33,34). The molecule has 0 radical (unpaired) electrons. The van der Waals surface area contributed by atoms with Crippen LogP contribution in [0.25, 0.3) is 10.8 Å². The zero-order valence-corrected chi connectivity index (χ0v) is 22.0. The summed E-state index contributed by atoms with van der Waals surface area (Å²) < 4.78 is 26.2. The summed E-state index contributed by atoms with van der Waals surface area (Å²) in [5.74, 6) is -0.857. The monoisotopic (exact) mass is 533 g/mol. The molecule has 0 aromatic heterocycles. The lowest BCUT2D eigenvalue weighted by atomic mass is 9.80. The second-order valence-corrected chi connectivity index (χ2v) is 11.9. The number of primary sulfonamides is 1. The van der Waals surface area contributed by atoms with Crippen LogP contribution in [-0.2, 0) is 20.4 Å². The van der Waals surface area contributed by atoms with Crippen LogP contribution in [0.2, 0.25) is 0 Å². The largest absolute Gasteiger partial charge is 0.394 e. The highest BCUT2D eigenvalue weighted by molar-refractivity contribution is 7.89. The Hall–Kier alpha value is -2.02. The fourth-order valence-corrected chi connectivity index (χ4v) is 7.25. The SMILES string of the molecule is N=C(N)c1c(S(N)(=O)=O)c(C(CO)(C(=O)C(S)CN2CCCCC2)N2CCCC2)cc2ccccc12. The van der Waals surface area contributed by atoms with E-state index in [0.29, 0.717) is 30.4 Å². The fourth-order valence-electron chi connectivity index (χ4n) is 5.76. The summed E-state index contributed by atoms with van der Waals surface area (Å²) in [5.41, 5.74) is 4.23. The fraction of sp³-hybridized carbons (Fsp3) is 0.520. The predicted molar refractivity (Wildman–Crippen MR) is 144 cm³/mol. The Morgan fingerprint density at radius 1 is 1.11 bits per heavy atom. The molecule has 36 heavy (non-hydrogen) atoms. The third-order valence-electron chi connectivity index (χ3n) is 7.47. The van der Waals surface area contributed by atoms with Gasteiger partial charge < -0.3 is 15.7 Å². The number of nitrogens with zero attached hydrogens (tertiary/aromatic N) is 2. The Labute approximate surface area is 217 Å². The van der Waals surface area contributed by atoms with Crippen LogP contribution in [-0.4, -0.2) is 79.5 Å². The average molecular weight is 534 g/mol. The number of aliphatic hydroxyl groups excluding tert-OH is 1. The van der Waals surface area contributed by atoms with Gasteiger partial charge in [0.2, 0.25) is 10.0 Å². The summed E-state index contributed by atoms with van der Waals surface area (Å²) in [6.45, 7) is 2.49. The number of nitrogen functional groups attached to an aromatic ring is 1. The number of sulfonamides is 1. The van der Waals surface area contributed by atoms with Gasteiger partial charge in [0.1, 0.15) is 11.4 Å². The lowest BCUT2D eigenvalue weighted by molar-refractivity contribution is -0.134. The molecule has 2 aromatic carbocycles. The van der Waals surface area contributed by atoms with E-state index in [4.69, 9.17) is 28.9 Å². The van der Waals surface area contributed by atoms with Crippen LogP contribution in [0.15, 0.2) is 35.2 Å². The highest BCUT2D eigenvalue weighted by Gasteiger charge is 2.51. The van der Waals surface area contributed by atoms with Gasteiger partial charge in [-0.2, -0.15) is 12.6 Å². The molecule has 0 amide bonds. The first-order valence-electron chi connectivity index (χ1n) is 12.4. The number of Topliss-reactive ketones (excluding diaryl/α,β-unsaturated/α-hetero) is 1. The van der Waals surface area contributed by atoms with Crippen molar-refractivity contribution in [3.63, 3.8) is 0 Å². The van der Waals surface area contributed by atoms with E-state index in [1.54, 1.807) is 30.3 Å². The zero-order valence-electron chi connectivity index (χ0n) is 20.3. The van der Waals surface area contributed by atoms with Crippen molar-refractivity contribution in [1.82, 2.24) is 9.80 Å². The molecular weight excluding hydrogens is 498 g/mol. The van der Waals surface area contributed by atoms with Crippen LogP contribution < -0.4 is 10.9 Å². The number of hydrogen-bond donors (Lipinski definition) is 5. The Morgan fingerprint density at radius 2 is 1.72 bits per heavy atom. The molecule has 9 nitrogen and oxygen atoms in total. The highest BCUT2D eigenvalue weighted by atomic mass is 32.2. The number of benzene rings is 2. The second-order valence-electron chi connectivity index (χ2n) is 9.76. The van der Waals surface area contributed by atoms with Crippen LogP contribution >= 0.6 is 12.6 Å². The van der Waals surface area contributed by atoms with E-state index in [9.17, 15) is 18.3 Å². The maximum atomic E-state index is 14.3. The predicted octanol–water partition coefficient (Wildman–Crippen LogP) is 1.41. The number of rotatable bonds is 9. The van der Waals surface area contributed by atoms with E-state index in [2.05, 4.69) is 4.90 Å². The molecule has 0 saturated carbocycles. The summed E-state index contributed by atoms with van der Waals surface area (Å²) in [4.78, 5) is 18.0. The van der Waals surface area contributed by atoms with Crippen LogP contribution in [0.3, 0.4) is 0 Å². The molecule has 4 rings (SSSR count). The van der Waals surface area contributed by atoms with Crippen molar-refractivity contribution < 1.29 is 18.3 Å². The molecule has 0 aliphatic carbocycles. The van der Waals surface area contributed by atoms with E-state index in [-0.39, 0.29) is 21.8 Å². The number of nitrogens with one attached hydrogen (secondary N) is 1. The normalized spacial score (nSPS) is 20.3. The number of amidine groups is 1. The molecule has 2 heterocycles. The molecule has 11 heteroatoms. The van der Waals surface area contributed by atoms with Crippen LogP contribution in [0.4, 0.5) is 0 Å². The van der Waals surface area contributed by atoms with Crippen LogP contribution in [0.1, 0.15) is 43.2 Å². The minimum Gasteiger partial charge on any atom is -0.394 e. The Balaban J connectivity index is 1.98. The van der Waals surface area contributed by atoms with Crippen molar-refractivity contribution >= 4 is 45.0 Å². The van der Waals surface area contributed by atoms with Gasteiger partial charge in [0.15, 0.2) is 5.78 Å². The van der Waals surface area contributed by atoms with Gasteiger partial charge in [-0.05, 0) is 68.7 Å². The van der Waals surface area contributed by atoms with Crippen LogP contribution in [0, 0.1) is 5.41 Å². The molecule has 0 bridgehead atoms. The smallest absolute Gasteiger partial charge is 0.239 e. The third-order valence-corrected chi connectivity index (χ3v) is 8.86. The number of nitrogens with two attached hydrogens (primary N) is 2. The molecular formula is C25H35N5O4S2. The lowest BCUT2D eigenvalue weighted by Crippen LogP contribution is -2.58. The molecule has 2 aliphatic rings. The Bertz CT molecular complexity index is 1260. The first-order valence-corrected chi connectivity index (χ1v) is 14.4. The number of aliphatic hydroxyl groups is 1. The van der Waals surface area contributed by atoms with Crippen molar-refractivity contribution in [2.75, 3.05) is 39.3 Å². The number of ketones is 1. The van der Waals surface area contributed by atoms with Crippen LogP contribution in [0.5, 0.6) is 0 Å². The van der Waals surface area contributed by atoms with Gasteiger partial charge in [-0.25, -0.2) is 13.6 Å². The second kappa shape index (κ2) is 10.8. The summed E-state index contributed by atoms with van der Waals surface area (Å²) in [7, 11) is -4.46. The summed E-state index contributed by atoms with van der Waals surface area (Å²) in [5, 5.41) is 25.2. The molecule has 196 valence electrons. The first kappa shape index (κ1) is 27.0. The van der Waals surface area contributed by atoms with Gasteiger partial charge in [-0.3, -0.25) is 15.1 Å². The summed E-state index contributed by atoms with van der Waals surface area (Å²) >= 11 is 4.70. The van der Waals surface area contributed by atoms with Gasteiger partial charge in [0.05, 0.1) is 16.8 Å². The van der Waals surface area contributed by atoms with Gasteiger partial charge in [0, 0.05) is 17.7 Å². The van der Waals surface area contributed by atoms with Crippen molar-refractivity contribution in [3.8, 4) is 0 Å². The van der Waals surface area contributed by atoms with Gasteiger partial charge >= 0.3 is 0 Å². The molecule has 2 aliphatic heterocycles.